The zero-order valence-electron chi connectivity index (χ0n) is 14.0. The monoisotopic (exact) mass is 358 g/mol. The Morgan fingerprint density at radius 1 is 1.24 bits per heavy atom. The molecule has 0 unspecified atom stereocenters. The fourth-order valence-electron chi connectivity index (χ4n) is 3.53. The van der Waals surface area contributed by atoms with Crippen LogP contribution in [0.25, 0.3) is 0 Å². The zero-order valence-corrected chi connectivity index (χ0v) is 14.8. The number of fused-ring (bicyclic) bond motifs is 1. The fourth-order valence-corrected chi connectivity index (χ4v) is 3.64. The molecule has 1 aromatic carbocycles. The second-order valence-electron chi connectivity index (χ2n) is 6.63. The van der Waals surface area contributed by atoms with Gasteiger partial charge in [-0.2, -0.15) is 0 Å². The molecule has 5 nitrogen and oxygen atoms in total. The van der Waals surface area contributed by atoms with Gasteiger partial charge in [0.2, 0.25) is 0 Å². The highest BCUT2D eigenvalue weighted by atomic mass is 35.5. The van der Waals surface area contributed by atoms with Crippen LogP contribution in [0.15, 0.2) is 36.5 Å². The molecule has 1 saturated heterocycles. The van der Waals surface area contributed by atoms with Crippen LogP contribution in [0.3, 0.4) is 0 Å². The number of hydrogen-bond donors (Lipinski definition) is 1. The Morgan fingerprint density at radius 3 is 2.84 bits per heavy atom. The minimum Gasteiger partial charge on any atom is -0.493 e. The van der Waals surface area contributed by atoms with Crippen LogP contribution >= 0.6 is 11.6 Å². The summed E-state index contributed by atoms with van der Waals surface area (Å²) in [6.45, 7) is 5.25. The number of nitrogens with one attached hydrogen (secondary N) is 1. The van der Waals surface area contributed by atoms with Crippen LogP contribution in [0.5, 0.6) is 5.75 Å². The van der Waals surface area contributed by atoms with Crippen LogP contribution in [0.4, 0.5) is 0 Å². The number of rotatable bonds is 3. The SMILES string of the molecule is O=C(c1ccc(Cl)nc1)N1CC[NH+](Cc2ccc3c(c2)CCO3)CC1. The first-order valence-electron chi connectivity index (χ1n) is 8.68. The summed E-state index contributed by atoms with van der Waals surface area (Å²) in [6, 6.07) is 9.92. The van der Waals surface area contributed by atoms with Gasteiger partial charge in [0.25, 0.3) is 5.91 Å². The standard InChI is InChI=1S/C19H20ClN3O2/c20-18-4-2-16(12-21-18)19(24)23-8-6-22(7-9-23)13-14-1-3-17-15(11-14)5-10-25-17/h1-4,11-12H,5-10,13H2/p+1. The normalized spacial score (nSPS) is 17.2. The number of carbonyl (C=O) groups excluding carboxylic acids is 1. The van der Waals surface area contributed by atoms with Crippen molar-refractivity contribution in [3.8, 4) is 5.75 Å². The number of pyridine rings is 1. The molecule has 1 amide bonds. The van der Waals surface area contributed by atoms with Gasteiger partial charge in [0.1, 0.15) is 17.4 Å². The molecule has 2 aliphatic heterocycles. The first kappa shape index (κ1) is 16.4. The Bertz CT molecular complexity index is 771. The average Bonchev–Trinajstić information content (AvgIpc) is 3.10. The van der Waals surface area contributed by atoms with Gasteiger partial charge >= 0.3 is 0 Å². The van der Waals surface area contributed by atoms with Gasteiger partial charge in [0.15, 0.2) is 0 Å². The molecule has 0 saturated carbocycles. The molecule has 0 aliphatic carbocycles. The topological polar surface area (TPSA) is 46.9 Å². The van der Waals surface area contributed by atoms with Crippen molar-refractivity contribution < 1.29 is 14.4 Å². The number of ether oxygens (including phenoxy) is 1. The van der Waals surface area contributed by atoms with Gasteiger partial charge in [0.05, 0.1) is 38.3 Å². The number of nitrogens with zero attached hydrogens (tertiary/aromatic N) is 2. The van der Waals surface area contributed by atoms with Gasteiger partial charge in [0, 0.05) is 18.2 Å². The summed E-state index contributed by atoms with van der Waals surface area (Å²) in [5.74, 6) is 1.07. The maximum atomic E-state index is 12.5. The van der Waals surface area contributed by atoms with Crippen molar-refractivity contribution in [2.75, 3.05) is 32.8 Å². The maximum absolute atomic E-state index is 12.5. The number of hydrogen-bond acceptors (Lipinski definition) is 3. The molecule has 1 aromatic heterocycles. The van der Waals surface area contributed by atoms with Gasteiger partial charge < -0.3 is 14.5 Å². The molecule has 0 spiro atoms. The lowest BCUT2D eigenvalue weighted by Crippen LogP contribution is -3.13. The Morgan fingerprint density at radius 2 is 2.08 bits per heavy atom. The van der Waals surface area contributed by atoms with Crippen LogP contribution in [-0.4, -0.2) is 48.6 Å². The number of aromatic nitrogens is 1. The largest absolute Gasteiger partial charge is 0.493 e. The van der Waals surface area contributed by atoms with Crippen molar-refractivity contribution in [1.82, 2.24) is 9.88 Å². The smallest absolute Gasteiger partial charge is 0.255 e. The summed E-state index contributed by atoms with van der Waals surface area (Å²) in [7, 11) is 0. The molecule has 4 rings (SSSR count). The third kappa shape index (κ3) is 3.62. The molecular formula is C19H21ClN3O2+. The molecular weight excluding hydrogens is 338 g/mol. The molecule has 0 atom stereocenters. The van der Waals surface area contributed by atoms with Gasteiger partial charge in [-0.05, 0) is 35.9 Å². The average molecular weight is 359 g/mol. The highest BCUT2D eigenvalue weighted by Gasteiger charge is 2.25. The van der Waals surface area contributed by atoms with Crippen molar-refractivity contribution in [3.05, 3.63) is 58.4 Å². The third-order valence-electron chi connectivity index (χ3n) is 4.94. The Kier molecular flexibility index (Phi) is 4.59. The van der Waals surface area contributed by atoms with Crippen LogP contribution in [0.2, 0.25) is 5.15 Å². The van der Waals surface area contributed by atoms with Crippen LogP contribution in [-0.2, 0) is 13.0 Å². The Balaban J connectivity index is 1.33. The summed E-state index contributed by atoms with van der Waals surface area (Å²) in [5.41, 5.74) is 3.27. The highest BCUT2D eigenvalue weighted by molar-refractivity contribution is 6.29. The van der Waals surface area contributed by atoms with E-state index in [1.54, 1.807) is 18.3 Å². The van der Waals surface area contributed by atoms with Gasteiger partial charge in [-0.25, -0.2) is 4.98 Å². The van der Waals surface area contributed by atoms with Crippen molar-refractivity contribution in [2.24, 2.45) is 0 Å². The van der Waals surface area contributed by atoms with Crippen molar-refractivity contribution in [2.45, 2.75) is 13.0 Å². The molecule has 1 N–H and O–H groups in total. The van der Waals surface area contributed by atoms with Crippen molar-refractivity contribution in [3.63, 3.8) is 0 Å². The van der Waals surface area contributed by atoms with E-state index in [2.05, 4.69) is 23.2 Å². The second-order valence-corrected chi connectivity index (χ2v) is 7.02. The predicted octanol–water partition coefficient (Wildman–Crippen LogP) is 1.21. The lowest BCUT2D eigenvalue weighted by atomic mass is 10.1. The summed E-state index contributed by atoms with van der Waals surface area (Å²) >= 11 is 5.79. The van der Waals surface area contributed by atoms with E-state index >= 15 is 0 Å². The quantitative estimate of drug-likeness (QED) is 0.839. The van der Waals surface area contributed by atoms with E-state index in [0.29, 0.717) is 10.7 Å². The Hall–Kier alpha value is -2.11. The van der Waals surface area contributed by atoms with Gasteiger partial charge in [-0.15, -0.1) is 0 Å². The molecule has 1 fully saturated rings. The van der Waals surface area contributed by atoms with E-state index < -0.39 is 0 Å². The van der Waals surface area contributed by atoms with E-state index in [0.717, 1.165) is 51.5 Å². The summed E-state index contributed by atoms with van der Waals surface area (Å²) in [5, 5.41) is 0.408. The highest BCUT2D eigenvalue weighted by Crippen LogP contribution is 2.25. The van der Waals surface area contributed by atoms with E-state index in [1.165, 1.54) is 16.0 Å². The number of carbonyl (C=O) groups is 1. The van der Waals surface area contributed by atoms with Crippen molar-refractivity contribution >= 4 is 17.5 Å². The Labute approximate surface area is 152 Å². The molecule has 130 valence electrons. The summed E-state index contributed by atoms with van der Waals surface area (Å²) in [4.78, 5) is 19.9. The molecule has 0 bridgehead atoms. The van der Waals surface area contributed by atoms with Crippen molar-refractivity contribution in [1.29, 1.82) is 0 Å². The number of piperazine rings is 1. The zero-order chi connectivity index (χ0) is 17.2. The van der Waals surface area contributed by atoms with Crippen LogP contribution < -0.4 is 9.64 Å². The van der Waals surface area contributed by atoms with Gasteiger partial charge in [-0.3, -0.25) is 4.79 Å². The van der Waals surface area contributed by atoms with E-state index in [-0.39, 0.29) is 5.91 Å². The molecule has 25 heavy (non-hydrogen) atoms. The molecule has 2 aromatic rings. The second kappa shape index (κ2) is 7.02. The number of quaternary nitrogens is 1. The molecule has 6 heteroatoms. The summed E-state index contributed by atoms with van der Waals surface area (Å²) in [6.07, 6.45) is 2.56. The molecule has 0 radical (unpaired) electrons. The number of amides is 1. The van der Waals surface area contributed by atoms with Crippen LogP contribution in [0.1, 0.15) is 21.5 Å². The fraction of sp³-hybridized carbons (Fsp3) is 0.368. The van der Waals surface area contributed by atoms with E-state index in [1.807, 2.05) is 4.90 Å². The number of benzene rings is 1. The minimum atomic E-state index is 0.0397. The first-order chi connectivity index (χ1) is 12.2. The molecule has 2 aliphatic rings. The van der Waals surface area contributed by atoms with E-state index in [4.69, 9.17) is 16.3 Å². The third-order valence-corrected chi connectivity index (χ3v) is 5.16. The number of halogens is 1. The maximum Gasteiger partial charge on any atom is 0.255 e. The minimum absolute atomic E-state index is 0.0397. The lowest BCUT2D eigenvalue weighted by molar-refractivity contribution is -0.917. The van der Waals surface area contributed by atoms with Gasteiger partial charge in [-0.1, -0.05) is 11.6 Å². The summed E-state index contributed by atoms with van der Waals surface area (Å²) < 4.78 is 5.57. The van der Waals surface area contributed by atoms with E-state index in [9.17, 15) is 4.79 Å². The predicted molar refractivity (Wildman–Crippen MR) is 95.2 cm³/mol. The van der Waals surface area contributed by atoms with Crippen LogP contribution in [0, 0.1) is 0 Å². The lowest BCUT2D eigenvalue weighted by Gasteiger charge is -2.32. The molecule has 3 heterocycles. The first-order valence-corrected chi connectivity index (χ1v) is 9.06.